The number of nitrogens with zero attached hydrogens (tertiary/aromatic N) is 4. The summed E-state index contributed by atoms with van der Waals surface area (Å²) in [6.45, 7) is 2.46. The molecular formula is C18H14N4O2S. The lowest BCUT2D eigenvalue weighted by atomic mass is 10.1. The monoisotopic (exact) mass is 350 g/mol. The van der Waals surface area contributed by atoms with Crippen LogP contribution in [0.3, 0.4) is 0 Å². The maximum Gasteiger partial charge on any atom is 0.235 e. The Bertz CT molecular complexity index is 1070. The number of ether oxygens (including phenoxy) is 2. The Balaban J connectivity index is 1.54. The van der Waals surface area contributed by atoms with Crippen LogP contribution in [0.5, 0.6) is 11.5 Å². The van der Waals surface area contributed by atoms with Crippen LogP contribution in [-0.2, 0) is 0 Å². The van der Waals surface area contributed by atoms with Gasteiger partial charge in [0.25, 0.3) is 0 Å². The van der Waals surface area contributed by atoms with Crippen LogP contribution in [0.15, 0.2) is 48.5 Å². The second-order valence-electron chi connectivity index (χ2n) is 5.84. The Morgan fingerprint density at radius 3 is 2.72 bits per heavy atom. The summed E-state index contributed by atoms with van der Waals surface area (Å²) in [5.41, 5.74) is 2.29. The fraction of sp³-hybridized carbons (Fsp3) is 0.167. The normalized spacial score (nSPS) is 16.3. The molecule has 6 nitrogen and oxygen atoms in total. The molecule has 5 rings (SSSR count). The highest BCUT2D eigenvalue weighted by Crippen LogP contribution is 2.36. The van der Waals surface area contributed by atoms with Crippen LogP contribution < -0.4 is 9.47 Å². The molecule has 0 amide bonds. The lowest BCUT2D eigenvalue weighted by Crippen LogP contribution is -2.23. The smallest absolute Gasteiger partial charge is 0.235 e. The van der Waals surface area contributed by atoms with E-state index in [9.17, 15) is 0 Å². The lowest BCUT2D eigenvalue weighted by Gasteiger charge is -2.24. The summed E-state index contributed by atoms with van der Waals surface area (Å²) < 4.78 is 13.6. The number of hydrogen-bond donors (Lipinski definition) is 0. The highest BCUT2D eigenvalue weighted by Gasteiger charge is 2.28. The highest BCUT2D eigenvalue weighted by molar-refractivity contribution is 7.19. The first kappa shape index (κ1) is 14.4. The van der Waals surface area contributed by atoms with Gasteiger partial charge in [0.05, 0.1) is 0 Å². The number of para-hydroxylation sites is 2. The van der Waals surface area contributed by atoms with E-state index >= 15 is 0 Å². The third kappa shape index (κ3) is 2.35. The summed E-state index contributed by atoms with van der Waals surface area (Å²) in [4.78, 5) is 0.746. The topological polar surface area (TPSA) is 61.5 Å². The van der Waals surface area contributed by atoms with Gasteiger partial charge >= 0.3 is 0 Å². The second kappa shape index (κ2) is 5.56. The number of fused-ring (bicyclic) bond motifs is 2. The van der Waals surface area contributed by atoms with Crippen LogP contribution >= 0.6 is 11.3 Å². The van der Waals surface area contributed by atoms with Crippen LogP contribution in [0.25, 0.3) is 15.5 Å². The Morgan fingerprint density at radius 2 is 1.84 bits per heavy atom. The van der Waals surface area contributed by atoms with Crippen molar-refractivity contribution in [1.82, 2.24) is 19.8 Å². The van der Waals surface area contributed by atoms with Gasteiger partial charge in [-0.2, -0.15) is 9.61 Å². The SMILES string of the molecule is Cc1ccccc1-c1nn2c([C@@H]3COc4ccccc4O3)nnc2s1. The van der Waals surface area contributed by atoms with E-state index in [0.717, 1.165) is 21.3 Å². The van der Waals surface area contributed by atoms with Gasteiger partial charge in [-0.1, -0.05) is 47.7 Å². The van der Waals surface area contributed by atoms with Crippen molar-refractivity contribution >= 4 is 16.3 Å². The molecule has 4 aromatic rings. The molecule has 0 radical (unpaired) electrons. The molecule has 0 spiro atoms. The van der Waals surface area contributed by atoms with E-state index in [2.05, 4.69) is 29.3 Å². The summed E-state index contributed by atoms with van der Waals surface area (Å²) in [7, 11) is 0. The molecule has 0 unspecified atom stereocenters. The molecule has 7 heteroatoms. The molecule has 0 saturated carbocycles. The maximum atomic E-state index is 6.04. The maximum absolute atomic E-state index is 6.04. The molecule has 0 aliphatic carbocycles. The first-order valence-electron chi connectivity index (χ1n) is 7.96. The summed E-state index contributed by atoms with van der Waals surface area (Å²) in [5.74, 6) is 2.11. The van der Waals surface area contributed by atoms with Crippen LogP contribution in [0.1, 0.15) is 17.5 Å². The third-order valence-corrected chi connectivity index (χ3v) is 5.12. The lowest BCUT2D eigenvalue weighted by molar-refractivity contribution is 0.0836. The molecule has 0 N–H and O–H groups in total. The van der Waals surface area contributed by atoms with E-state index in [1.807, 2.05) is 36.4 Å². The first-order chi connectivity index (χ1) is 12.3. The Kier molecular flexibility index (Phi) is 3.21. The number of benzene rings is 2. The molecule has 2 aromatic heterocycles. The Morgan fingerprint density at radius 1 is 1.04 bits per heavy atom. The van der Waals surface area contributed by atoms with Crippen molar-refractivity contribution < 1.29 is 9.47 Å². The molecule has 2 aromatic carbocycles. The Hall–Kier alpha value is -2.93. The second-order valence-corrected chi connectivity index (χ2v) is 6.79. The van der Waals surface area contributed by atoms with Crippen molar-refractivity contribution in [2.75, 3.05) is 6.61 Å². The summed E-state index contributed by atoms with van der Waals surface area (Å²) in [6.07, 6.45) is -0.336. The van der Waals surface area contributed by atoms with Crippen LogP contribution in [-0.4, -0.2) is 26.4 Å². The fourth-order valence-electron chi connectivity index (χ4n) is 2.90. The van der Waals surface area contributed by atoms with Gasteiger partial charge in [-0.05, 0) is 24.6 Å². The number of rotatable bonds is 2. The van der Waals surface area contributed by atoms with Gasteiger partial charge in [-0.25, -0.2) is 0 Å². The quantitative estimate of drug-likeness (QED) is 0.552. The average molecular weight is 350 g/mol. The zero-order chi connectivity index (χ0) is 16.8. The third-order valence-electron chi connectivity index (χ3n) is 4.19. The van der Waals surface area contributed by atoms with E-state index < -0.39 is 0 Å². The minimum atomic E-state index is -0.336. The zero-order valence-corrected chi connectivity index (χ0v) is 14.2. The molecule has 0 fully saturated rings. The van der Waals surface area contributed by atoms with Crippen LogP contribution in [0.4, 0.5) is 0 Å². The van der Waals surface area contributed by atoms with E-state index in [1.54, 1.807) is 4.52 Å². The van der Waals surface area contributed by atoms with Crippen molar-refractivity contribution in [3.8, 4) is 22.1 Å². The molecule has 124 valence electrons. The molecular weight excluding hydrogens is 336 g/mol. The van der Waals surface area contributed by atoms with Gasteiger partial charge < -0.3 is 9.47 Å². The summed E-state index contributed by atoms with van der Waals surface area (Å²) >= 11 is 1.52. The van der Waals surface area contributed by atoms with E-state index in [4.69, 9.17) is 14.6 Å². The highest BCUT2D eigenvalue weighted by atomic mass is 32.1. The predicted octanol–water partition coefficient (Wildman–Crippen LogP) is 3.67. The van der Waals surface area contributed by atoms with Gasteiger partial charge in [-0.3, -0.25) is 0 Å². The van der Waals surface area contributed by atoms with Gasteiger partial charge in [0.2, 0.25) is 4.96 Å². The van der Waals surface area contributed by atoms with Crippen molar-refractivity contribution in [1.29, 1.82) is 0 Å². The van der Waals surface area contributed by atoms with Gasteiger partial charge in [0, 0.05) is 5.56 Å². The van der Waals surface area contributed by atoms with Gasteiger partial charge in [0.15, 0.2) is 23.4 Å². The molecule has 1 aliphatic rings. The number of hydrogen-bond acceptors (Lipinski definition) is 6. The average Bonchev–Trinajstić information content (AvgIpc) is 3.22. The zero-order valence-electron chi connectivity index (χ0n) is 13.4. The minimum absolute atomic E-state index is 0.336. The molecule has 3 heterocycles. The molecule has 1 aliphatic heterocycles. The standard InChI is InChI=1S/C18H14N4O2S/c1-11-6-2-3-7-12(11)17-21-22-16(19-20-18(22)25-17)15-10-23-13-8-4-5-9-14(13)24-15/h2-9,15H,10H2,1H3/t15-/m0/s1. The van der Waals surface area contributed by atoms with Gasteiger partial charge in [-0.15, -0.1) is 10.2 Å². The van der Waals surface area contributed by atoms with Gasteiger partial charge in [0.1, 0.15) is 11.6 Å². The Labute approximate surface area is 147 Å². The van der Waals surface area contributed by atoms with E-state index in [-0.39, 0.29) is 6.10 Å². The molecule has 0 bridgehead atoms. The molecule has 1 atom stereocenters. The fourth-order valence-corrected chi connectivity index (χ4v) is 3.84. The summed E-state index contributed by atoms with van der Waals surface area (Å²) in [5, 5.41) is 14.2. The van der Waals surface area contributed by atoms with Crippen molar-refractivity contribution in [3.05, 3.63) is 59.9 Å². The first-order valence-corrected chi connectivity index (χ1v) is 8.78. The minimum Gasteiger partial charge on any atom is -0.485 e. The van der Waals surface area contributed by atoms with Crippen molar-refractivity contribution in [2.45, 2.75) is 13.0 Å². The van der Waals surface area contributed by atoms with E-state index in [1.165, 1.54) is 16.9 Å². The number of aryl methyl sites for hydroxylation is 1. The number of aromatic nitrogens is 4. The summed E-state index contributed by atoms with van der Waals surface area (Å²) in [6, 6.07) is 15.8. The van der Waals surface area contributed by atoms with Crippen LogP contribution in [0, 0.1) is 6.92 Å². The van der Waals surface area contributed by atoms with Crippen LogP contribution in [0.2, 0.25) is 0 Å². The van der Waals surface area contributed by atoms with Crippen molar-refractivity contribution in [3.63, 3.8) is 0 Å². The molecule has 0 saturated heterocycles. The predicted molar refractivity (Wildman–Crippen MR) is 94.1 cm³/mol. The molecule has 25 heavy (non-hydrogen) atoms. The van der Waals surface area contributed by atoms with Crippen molar-refractivity contribution in [2.24, 2.45) is 0 Å². The largest absolute Gasteiger partial charge is 0.485 e. The van der Waals surface area contributed by atoms with E-state index in [0.29, 0.717) is 18.2 Å².